The second-order valence-electron chi connectivity index (χ2n) is 7.30. The van der Waals surface area contributed by atoms with Crippen LogP contribution in [-0.2, 0) is 14.8 Å². The molecule has 0 saturated carbocycles. The van der Waals surface area contributed by atoms with E-state index in [0.29, 0.717) is 23.2 Å². The van der Waals surface area contributed by atoms with Crippen LogP contribution in [0.2, 0.25) is 0 Å². The van der Waals surface area contributed by atoms with Gasteiger partial charge in [-0.25, -0.2) is 13.4 Å². The van der Waals surface area contributed by atoms with Crippen molar-refractivity contribution in [3.05, 3.63) is 84.1 Å². The van der Waals surface area contributed by atoms with E-state index < -0.39 is 10.0 Å². The second-order valence-corrected chi connectivity index (χ2v) is 8.99. The minimum absolute atomic E-state index is 0.0248. The number of pyridine rings is 1. The van der Waals surface area contributed by atoms with Gasteiger partial charge in [0, 0.05) is 24.8 Å². The van der Waals surface area contributed by atoms with Crippen molar-refractivity contribution in [2.24, 2.45) is 0 Å². The van der Waals surface area contributed by atoms with Crippen LogP contribution >= 0.6 is 0 Å². The number of benzene rings is 2. The molecule has 0 bridgehead atoms. The molecular weight excluding hydrogens is 444 g/mol. The van der Waals surface area contributed by atoms with Crippen molar-refractivity contribution in [3.63, 3.8) is 0 Å². The lowest BCUT2D eigenvalue weighted by atomic mass is 10.1. The molecule has 3 aromatic rings. The van der Waals surface area contributed by atoms with Crippen molar-refractivity contribution >= 4 is 39.3 Å². The van der Waals surface area contributed by atoms with Crippen molar-refractivity contribution in [1.29, 1.82) is 0 Å². The Kier molecular flexibility index (Phi) is 6.18. The van der Waals surface area contributed by atoms with Gasteiger partial charge in [-0.3, -0.25) is 24.0 Å². The van der Waals surface area contributed by atoms with Gasteiger partial charge in [0.15, 0.2) is 0 Å². The molecule has 3 amide bonds. The Hall–Kier alpha value is -4.05. The van der Waals surface area contributed by atoms with Crippen LogP contribution in [-0.4, -0.2) is 42.6 Å². The van der Waals surface area contributed by atoms with Crippen LogP contribution in [0.3, 0.4) is 0 Å². The molecule has 0 atom stereocenters. The Morgan fingerprint density at radius 3 is 2.12 bits per heavy atom. The van der Waals surface area contributed by atoms with Crippen LogP contribution in [0.5, 0.6) is 0 Å². The van der Waals surface area contributed by atoms with Gasteiger partial charge < -0.3 is 5.32 Å². The Labute approximate surface area is 190 Å². The molecule has 0 radical (unpaired) electrons. The summed E-state index contributed by atoms with van der Waals surface area (Å²) < 4.78 is 27.3. The zero-order valence-electron chi connectivity index (χ0n) is 17.4. The molecule has 0 fully saturated rings. The maximum atomic E-state index is 12.4. The monoisotopic (exact) mass is 464 g/mol. The average Bonchev–Trinajstić information content (AvgIpc) is 3.05. The van der Waals surface area contributed by atoms with Crippen LogP contribution < -0.4 is 10.0 Å². The molecule has 2 aromatic carbocycles. The molecule has 4 rings (SSSR count). The highest BCUT2D eigenvalue weighted by Gasteiger charge is 2.34. The summed E-state index contributed by atoms with van der Waals surface area (Å²) in [7, 11) is -3.81. The van der Waals surface area contributed by atoms with E-state index in [2.05, 4.69) is 15.0 Å². The van der Waals surface area contributed by atoms with E-state index in [1.807, 2.05) is 0 Å². The fraction of sp³-hybridized carbons (Fsp3) is 0.130. The van der Waals surface area contributed by atoms with Crippen molar-refractivity contribution < 1.29 is 22.8 Å². The number of nitrogens with zero attached hydrogens (tertiary/aromatic N) is 2. The van der Waals surface area contributed by atoms with E-state index in [0.717, 1.165) is 4.90 Å². The van der Waals surface area contributed by atoms with Crippen LogP contribution in [0.25, 0.3) is 0 Å². The Bertz CT molecular complexity index is 1270. The lowest BCUT2D eigenvalue weighted by Crippen LogP contribution is -2.31. The average molecular weight is 465 g/mol. The molecule has 168 valence electrons. The van der Waals surface area contributed by atoms with E-state index in [1.165, 1.54) is 36.5 Å². The Morgan fingerprint density at radius 2 is 1.52 bits per heavy atom. The molecule has 2 heterocycles. The largest absolute Gasteiger partial charge is 0.326 e. The highest BCUT2D eigenvalue weighted by Crippen LogP contribution is 2.23. The van der Waals surface area contributed by atoms with Gasteiger partial charge in [0.05, 0.1) is 16.0 Å². The number of hydrogen-bond acceptors (Lipinski definition) is 6. The van der Waals surface area contributed by atoms with Crippen LogP contribution in [0.4, 0.5) is 11.5 Å². The Morgan fingerprint density at radius 1 is 0.879 bits per heavy atom. The number of carbonyl (C=O) groups excluding carboxylic acids is 3. The summed E-state index contributed by atoms with van der Waals surface area (Å²) in [6.07, 6.45) is 1.87. The molecule has 0 spiro atoms. The molecule has 1 aromatic heterocycles. The molecular formula is C23H20N4O5S. The number of aromatic nitrogens is 1. The zero-order valence-corrected chi connectivity index (χ0v) is 18.2. The zero-order chi connectivity index (χ0) is 23.4. The smallest absolute Gasteiger partial charge is 0.263 e. The number of rotatable bonds is 8. The SMILES string of the molecule is O=C(CCCN1C(=O)c2ccccc2C1=O)Nc1ccc(S(=O)(=O)Nc2ccccn2)cc1. The number of sulfonamides is 1. The minimum atomic E-state index is -3.81. The standard InChI is InChI=1S/C23H20N4O5S/c28-21(9-5-15-27-22(29)18-6-1-2-7-19(18)23(27)30)25-16-10-12-17(13-11-16)33(31,32)26-20-8-3-4-14-24-20/h1-4,6-8,10-14H,5,9,15H2,(H,24,26)(H,25,28). The van der Waals surface area contributed by atoms with Gasteiger partial charge in [-0.2, -0.15) is 0 Å². The summed E-state index contributed by atoms with van der Waals surface area (Å²) in [5.74, 6) is -0.819. The quantitative estimate of drug-likeness (QED) is 0.494. The summed E-state index contributed by atoms with van der Waals surface area (Å²) in [6.45, 7) is 0.135. The third-order valence-corrected chi connectivity index (χ3v) is 6.39. The summed E-state index contributed by atoms with van der Waals surface area (Å²) in [6, 6.07) is 17.2. The van der Waals surface area contributed by atoms with Gasteiger partial charge in [-0.15, -0.1) is 0 Å². The fourth-order valence-electron chi connectivity index (χ4n) is 3.40. The fourth-order valence-corrected chi connectivity index (χ4v) is 4.41. The van der Waals surface area contributed by atoms with E-state index >= 15 is 0 Å². The third kappa shape index (κ3) is 4.90. The second kappa shape index (κ2) is 9.21. The van der Waals surface area contributed by atoms with Gasteiger partial charge in [0.25, 0.3) is 21.8 Å². The van der Waals surface area contributed by atoms with Crippen LogP contribution in [0, 0.1) is 0 Å². The minimum Gasteiger partial charge on any atom is -0.326 e. The van der Waals surface area contributed by atoms with Crippen molar-refractivity contribution in [3.8, 4) is 0 Å². The van der Waals surface area contributed by atoms with Crippen molar-refractivity contribution in [2.75, 3.05) is 16.6 Å². The lowest BCUT2D eigenvalue weighted by molar-refractivity contribution is -0.116. The predicted molar refractivity (Wildman–Crippen MR) is 121 cm³/mol. The molecule has 2 N–H and O–H groups in total. The number of anilines is 2. The highest BCUT2D eigenvalue weighted by molar-refractivity contribution is 7.92. The normalized spacial score (nSPS) is 13.0. The molecule has 1 aliphatic heterocycles. The summed E-state index contributed by atoms with van der Waals surface area (Å²) in [4.78, 5) is 42.1. The predicted octanol–water partition coefficient (Wildman–Crippen LogP) is 2.90. The molecule has 10 heteroatoms. The first-order valence-electron chi connectivity index (χ1n) is 10.1. The summed E-state index contributed by atoms with van der Waals surface area (Å²) >= 11 is 0. The van der Waals surface area contributed by atoms with Gasteiger partial charge in [0.1, 0.15) is 5.82 Å². The van der Waals surface area contributed by atoms with E-state index in [9.17, 15) is 22.8 Å². The van der Waals surface area contributed by atoms with Crippen LogP contribution in [0.15, 0.2) is 77.8 Å². The van der Waals surface area contributed by atoms with E-state index in [4.69, 9.17) is 0 Å². The van der Waals surface area contributed by atoms with Gasteiger partial charge >= 0.3 is 0 Å². The number of carbonyl (C=O) groups is 3. The van der Waals surface area contributed by atoms with Gasteiger partial charge in [0.2, 0.25) is 5.91 Å². The summed E-state index contributed by atoms with van der Waals surface area (Å²) in [5.41, 5.74) is 1.18. The van der Waals surface area contributed by atoms with E-state index in [-0.39, 0.29) is 41.4 Å². The number of imide groups is 1. The number of nitrogens with one attached hydrogen (secondary N) is 2. The number of amides is 3. The molecule has 0 unspecified atom stereocenters. The van der Waals surface area contributed by atoms with Crippen molar-refractivity contribution in [2.45, 2.75) is 17.7 Å². The first-order valence-corrected chi connectivity index (χ1v) is 11.6. The molecule has 9 nitrogen and oxygen atoms in total. The molecule has 0 saturated heterocycles. The molecule has 0 aliphatic carbocycles. The maximum absolute atomic E-state index is 12.4. The topological polar surface area (TPSA) is 126 Å². The number of fused-ring (bicyclic) bond motifs is 1. The first kappa shape index (κ1) is 22.2. The highest BCUT2D eigenvalue weighted by atomic mass is 32.2. The van der Waals surface area contributed by atoms with Gasteiger partial charge in [-0.05, 0) is 55.0 Å². The maximum Gasteiger partial charge on any atom is 0.263 e. The van der Waals surface area contributed by atoms with Crippen LogP contribution in [0.1, 0.15) is 33.6 Å². The molecule has 33 heavy (non-hydrogen) atoms. The van der Waals surface area contributed by atoms with Gasteiger partial charge in [-0.1, -0.05) is 18.2 Å². The third-order valence-electron chi connectivity index (χ3n) is 5.02. The number of hydrogen-bond donors (Lipinski definition) is 2. The Balaban J connectivity index is 1.29. The first-order chi connectivity index (χ1) is 15.8. The van der Waals surface area contributed by atoms with Crippen molar-refractivity contribution in [1.82, 2.24) is 9.88 Å². The lowest BCUT2D eigenvalue weighted by Gasteiger charge is -2.13. The summed E-state index contributed by atoms with van der Waals surface area (Å²) in [5, 5.41) is 2.68. The molecule has 1 aliphatic rings. The van der Waals surface area contributed by atoms with E-state index in [1.54, 1.807) is 36.4 Å².